The third kappa shape index (κ3) is 5.46. The van der Waals surface area contributed by atoms with Crippen molar-refractivity contribution in [1.82, 2.24) is 0 Å². The van der Waals surface area contributed by atoms with Crippen molar-refractivity contribution in [2.45, 2.75) is 58.0 Å². The molecule has 3 heteroatoms. The van der Waals surface area contributed by atoms with Crippen LogP contribution in [-0.2, 0) is 6.42 Å². The number of hydrogen-bond acceptors (Lipinski definition) is 2. The third-order valence-electron chi connectivity index (χ3n) is 2.75. The Kier molecular flexibility index (Phi) is 7.33. The SMILES string of the molecule is CCCCCCCC(O)Cc1sccc1Br. The van der Waals surface area contributed by atoms with Crippen molar-refractivity contribution in [2.24, 2.45) is 0 Å². The van der Waals surface area contributed by atoms with Gasteiger partial charge >= 0.3 is 0 Å². The lowest BCUT2D eigenvalue weighted by molar-refractivity contribution is 0.161. The molecule has 1 rings (SSSR count). The Balaban J connectivity index is 2.11. The lowest BCUT2D eigenvalue weighted by atomic mass is 10.1. The van der Waals surface area contributed by atoms with Gasteiger partial charge in [0.1, 0.15) is 0 Å². The first-order chi connectivity index (χ1) is 7.74. The summed E-state index contributed by atoms with van der Waals surface area (Å²) < 4.78 is 1.14. The molecule has 1 atom stereocenters. The van der Waals surface area contributed by atoms with Gasteiger partial charge < -0.3 is 5.11 Å². The van der Waals surface area contributed by atoms with Crippen molar-refractivity contribution in [3.05, 3.63) is 20.8 Å². The van der Waals surface area contributed by atoms with Gasteiger partial charge in [0.15, 0.2) is 0 Å². The van der Waals surface area contributed by atoms with Gasteiger partial charge in [-0.15, -0.1) is 11.3 Å². The lowest BCUT2D eigenvalue weighted by Crippen LogP contribution is -2.09. The van der Waals surface area contributed by atoms with Gasteiger partial charge in [-0.3, -0.25) is 0 Å². The number of aliphatic hydroxyl groups is 1. The van der Waals surface area contributed by atoms with Gasteiger partial charge in [-0.2, -0.15) is 0 Å². The summed E-state index contributed by atoms with van der Waals surface area (Å²) in [6.45, 7) is 2.23. The predicted molar refractivity (Wildman–Crippen MR) is 75.1 cm³/mol. The van der Waals surface area contributed by atoms with Crippen LogP contribution in [-0.4, -0.2) is 11.2 Å². The van der Waals surface area contributed by atoms with Gasteiger partial charge in [0.2, 0.25) is 0 Å². The minimum absolute atomic E-state index is 0.170. The highest BCUT2D eigenvalue weighted by Crippen LogP contribution is 2.24. The Hall–Kier alpha value is 0.140. The van der Waals surface area contributed by atoms with Gasteiger partial charge in [0, 0.05) is 15.8 Å². The fraction of sp³-hybridized carbons (Fsp3) is 0.692. The standard InChI is InChI=1S/C13H21BrOS/c1-2-3-4-5-6-7-11(15)10-13-12(14)8-9-16-13/h8-9,11,15H,2-7,10H2,1H3. The Labute approximate surface area is 111 Å². The molecule has 0 fully saturated rings. The van der Waals surface area contributed by atoms with E-state index < -0.39 is 0 Å². The van der Waals surface area contributed by atoms with Gasteiger partial charge in [-0.25, -0.2) is 0 Å². The first-order valence-electron chi connectivity index (χ1n) is 6.14. The highest BCUT2D eigenvalue weighted by molar-refractivity contribution is 9.10. The molecule has 0 aliphatic carbocycles. The molecule has 1 aromatic heterocycles. The molecule has 0 radical (unpaired) electrons. The number of rotatable bonds is 8. The Morgan fingerprint density at radius 3 is 2.69 bits per heavy atom. The molecule has 1 N–H and O–H groups in total. The first kappa shape index (κ1) is 14.2. The van der Waals surface area contributed by atoms with E-state index in [1.54, 1.807) is 11.3 Å². The summed E-state index contributed by atoms with van der Waals surface area (Å²) >= 11 is 5.21. The van der Waals surface area contributed by atoms with Crippen molar-refractivity contribution in [2.75, 3.05) is 0 Å². The first-order valence-corrected chi connectivity index (χ1v) is 7.81. The topological polar surface area (TPSA) is 20.2 Å². The maximum atomic E-state index is 9.89. The summed E-state index contributed by atoms with van der Waals surface area (Å²) in [6, 6.07) is 2.05. The van der Waals surface area contributed by atoms with E-state index in [4.69, 9.17) is 0 Å². The molecule has 0 saturated heterocycles. The average molecular weight is 305 g/mol. The highest BCUT2D eigenvalue weighted by Gasteiger charge is 2.08. The summed E-state index contributed by atoms with van der Waals surface area (Å²) in [5.41, 5.74) is 0. The number of aliphatic hydroxyl groups excluding tert-OH is 1. The number of unbranched alkanes of at least 4 members (excludes halogenated alkanes) is 4. The summed E-state index contributed by atoms with van der Waals surface area (Å²) in [5.74, 6) is 0. The molecule has 0 aliphatic heterocycles. The molecule has 1 aromatic rings. The minimum atomic E-state index is -0.170. The quantitative estimate of drug-likeness (QED) is 0.686. The van der Waals surface area contributed by atoms with Crippen LogP contribution < -0.4 is 0 Å². The smallest absolute Gasteiger partial charge is 0.0588 e. The summed E-state index contributed by atoms with van der Waals surface area (Å²) in [5, 5.41) is 12.0. The second-order valence-electron chi connectivity index (χ2n) is 4.25. The lowest BCUT2D eigenvalue weighted by Gasteiger charge is -2.09. The second kappa shape index (κ2) is 8.26. The van der Waals surface area contributed by atoms with E-state index in [2.05, 4.69) is 28.2 Å². The molecule has 0 spiro atoms. The average Bonchev–Trinajstić information content (AvgIpc) is 2.64. The van der Waals surface area contributed by atoms with Crippen molar-refractivity contribution in [3.8, 4) is 0 Å². The van der Waals surface area contributed by atoms with E-state index in [1.807, 2.05) is 6.07 Å². The molecule has 0 aliphatic rings. The van der Waals surface area contributed by atoms with E-state index >= 15 is 0 Å². The molecular formula is C13H21BrOS. The van der Waals surface area contributed by atoms with Gasteiger partial charge in [0.25, 0.3) is 0 Å². The van der Waals surface area contributed by atoms with Crippen molar-refractivity contribution in [1.29, 1.82) is 0 Å². The maximum absolute atomic E-state index is 9.89. The van der Waals surface area contributed by atoms with Crippen molar-refractivity contribution in [3.63, 3.8) is 0 Å². The van der Waals surface area contributed by atoms with Crippen LogP contribution in [0.2, 0.25) is 0 Å². The van der Waals surface area contributed by atoms with Crippen molar-refractivity contribution < 1.29 is 5.11 Å². The fourth-order valence-corrected chi connectivity index (χ4v) is 3.36. The van der Waals surface area contributed by atoms with Crippen LogP contribution in [0.3, 0.4) is 0 Å². The summed E-state index contributed by atoms with van der Waals surface area (Å²) in [4.78, 5) is 1.26. The minimum Gasteiger partial charge on any atom is -0.393 e. The molecule has 1 heterocycles. The molecule has 0 saturated carbocycles. The molecule has 16 heavy (non-hydrogen) atoms. The van der Waals surface area contributed by atoms with Crippen LogP contribution in [0.25, 0.3) is 0 Å². The fourth-order valence-electron chi connectivity index (χ4n) is 1.77. The predicted octanol–water partition coefficient (Wildman–Crippen LogP) is 4.77. The van der Waals surface area contributed by atoms with E-state index in [-0.39, 0.29) is 6.10 Å². The monoisotopic (exact) mass is 304 g/mol. The van der Waals surface area contributed by atoms with Gasteiger partial charge in [-0.05, 0) is 33.8 Å². The molecule has 1 nitrogen and oxygen atoms in total. The second-order valence-corrected chi connectivity index (χ2v) is 6.11. The molecular weight excluding hydrogens is 284 g/mol. The van der Waals surface area contributed by atoms with E-state index in [0.29, 0.717) is 0 Å². The van der Waals surface area contributed by atoms with Gasteiger partial charge in [0.05, 0.1) is 6.10 Å². The van der Waals surface area contributed by atoms with Crippen LogP contribution in [0, 0.1) is 0 Å². The van der Waals surface area contributed by atoms with Crippen molar-refractivity contribution >= 4 is 27.3 Å². The van der Waals surface area contributed by atoms with Crippen LogP contribution in [0.1, 0.15) is 50.3 Å². The summed E-state index contributed by atoms with van der Waals surface area (Å²) in [6.07, 6.45) is 7.90. The number of halogens is 1. The number of thiophene rings is 1. The van der Waals surface area contributed by atoms with E-state index in [9.17, 15) is 5.11 Å². The van der Waals surface area contributed by atoms with Gasteiger partial charge in [-0.1, -0.05) is 39.0 Å². The molecule has 92 valence electrons. The van der Waals surface area contributed by atoms with E-state index in [0.717, 1.165) is 23.7 Å². The van der Waals surface area contributed by atoms with Crippen LogP contribution in [0.15, 0.2) is 15.9 Å². The normalized spacial score (nSPS) is 12.9. The summed E-state index contributed by atoms with van der Waals surface area (Å²) in [7, 11) is 0. The van der Waals surface area contributed by atoms with Crippen LogP contribution in [0.5, 0.6) is 0 Å². The van der Waals surface area contributed by atoms with Crippen LogP contribution >= 0.6 is 27.3 Å². The van der Waals surface area contributed by atoms with E-state index in [1.165, 1.54) is 30.6 Å². The number of hydrogen-bond donors (Lipinski definition) is 1. The third-order valence-corrected chi connectivity index (χ3v) is 4.70. The Morgan fingerprint density at radius 2 is 2.06 bits per heavy atom. The maximum Gasteiger partial charge on any atom is 0.0588 e. The zero-order valence-electron chi connectivity index (χ0n) is 9.92. The highest BCUT2D eigenvalue weighted by atomic mass is 79.9. The Bertz CT molecular complexity index is 285. The molecule has 0 bridgehead atoms. The molecule has 0 aromatic carbocycles. The largest absolute Gasteiger partial charge is 0.393 e. The molecule has 1 unspecified atom stereocenters. The Morgan fingerprint density at radius 1 is 1.31 bits per heavy atom. The zero-order valence-corrected chi connectivity index (χ0v) is 12.3. The molecule has 0 amide bonds. The van der Waals surface area contributed by atoms with Crippen LogP contribution in [0.4, 0.5) is 0 Å². The zero-order chi connectivity index (χ0) is 11.8.